The molecule has 0 saturated carbocycles. The average molecular weight is 320 g/mol. The molecule has 112 valence electrons. The number of rotatable bonds is 4. The first-order valence-corrected chi connectivity index (χ1v) is 8.20. The third-order valence-corrected chi connectivity index (χ3v) is 5.75. The van der Waals surface area contributed by atoms with Gasteiger partial charge in [0.25, 0.3) is 0 Å². The van der Waals surface area contributed by atoms with Crippen LogP contribution in [0.2, 0.25) is 5.02 Å². The van der Waals surface area contributed by atoms with Gasteiger partial charge in [-0.15, -0.1) is 0 Å². The standard InChI is InChI=1S/C13H18ClNO4S/c1-9(16)10-5-6-15(8-10)20(17,18)13-4-3-11(14)7-12(13)19-2/h3-4,7,9-10,16H,5-6,8H2,1-2H3. The summed E-state index contributed by atoms with van der Waals surface area (Å²) in [6.45, 7) is 2.42. The second-order valence-corrected chi connectivity index (χ2v) is 7.29. The topological polar surface area (TPSA) is 66.8 Å². The fraction of sp³-hybridized carbons (Fsp3) is 0.538. The molecule has 1 heterocycles. The Morgan fingerprint density at radius 1 is 1.50 bits per heavy atom. The smallest absolute Gasteiger partial charge is 0.246 e. The molecule has 2 rings (SSSR count). The molecule has 0 aromatic heterocycles. The number of aliphatic hydroxyl groups is 1. The lowest BCUT2D eigenvalue weighted by atomic mass is 10.0. The fourth-order valence-electron chi connectivity index (χ4n) is 2.36. The van der Waals surface area contributed by atoms with Crippen LogP contribution in [0.3, 0.4) is 0 Å². The highest BCUT2D eigenvalue weighted by atomic mass is 35.5. The minimum absolute atomic E-state index is 0.0249. The molecule has 0 aliphatic carbocycles. The van der Waals surface area contributed by atoms with E-state index in [1.807, 2.05) is 0 Å². The molecule has 0 amide bonds. The average Bonchev–Trinajstić information content (AvgIpc) is 2.88. The van der Waals surface area contributed by atoms with E-state index in [1.165, 1.54) is 29.6 Å². The molecule has 2 unspecified atom stereocenters. The summed E-state index contributed by atoms with van der Waals surface area (Å²) in [5.74, 6) is 0.209. The Labute approximate surface area is 124 Å². The summed E-state index contributed by atoms with van der Waals surface area (Å²) in [6, 6.07) is 4.46. The maximum atomic E-state index is 12.6. The fourth-order valence-corrected chi connectivity index (χ4v) is 4.17. The first-order chi connectivity index (χ1) is 9.36. The molecule has 1 saturated heterocycles. The van der Waals surface area contributed by atoms with Gasteiger partial charge in [-0.3, -0.25) is 0 Å². The number of hydrogen-bond acceptors (Lipinski definition) is 4. The van der Waals surface area contributed by atoms with Crippen LogP contribution in [0, 0.1) is 5.92 Å². The molecule has 1 aromatic rings. The highest BCUT2D eigenvalue weighted by Gasteiger charge is 2.35. The Hall–Kier alpha value is -0.820. The van der Waals surface area contributed by atoms with Crippen molar-refractivity contribution in [2.24, 2.45) is 5.92 Å². The molecule has 1 aliphatic heterocycles. The predicted molar refractivity (Wildman–Crippen MR) is 76.6 cm³/mol. The molecule has 1 aliphatic rings. The number of benzene rings is 1. The largest absolute Gasteiger partial charge is 0.495 e. The van der Waals surface area contributed by atoms with Gasteiger partial charge in [-0.2, -0.15) is 4.31 Å². The summed E-state index contributed by atoms with van der Waals surface area (Å²) in [7, 11) is -2.22. The summed E-state index contributed by atoms with van der Waals surface area (Å²) in [5, 5.41) is 10.0. The quantitative estimate of drug-likeness (QED) is 0.918. The second-order valence-electron chi connectivity index (χ2n) is 4.95. The van der Waals surface area contributed by atoms with E-state index < -0.39 is 16.1 Å². The van der Waals surface area contributed by atoms with Gasteiger partial charge >= 0.3 is 0 Å². The highest BCUT2D eigenvalue weighted by molar-refractivity contribution is 7.89. The van der Waals surface area contributed by atoms with Crippen LogP contribution in [0.25, 0.3) is 0 Å². The zero-order chi connectivity index (χ0) is 14.9. The van der Waals surface area contributed by atoms with Gasteiger partial charge in [-0.1, -0.05) is 11.6 Å². The first-order valence-electron chi connectivity index (χ1n) is 6.38. The summed E-state index contributed by atoms with van der Waals surface area (Å²) >= 11 is 5.85. The van der Waals surface area contributed by atoms with Crippen LogP contribution in [-0.4, -0.2) is 44.1 Å². The number of hydrogen-bond donors (Lipinski definition) is 1. The molecular weight excluding hydrogens is 302 g/mol. The molecule has 2 atom stereocenters. The SMILES string of the molecule is COc1cc(Cl)ccc1S(=O)(=O)N1CCC(C(C)O)C1. The van der Waals surface area contributed by atoms with E-state index in [0.717, 1.165) is 0 Å². The van der Waals surface area contributed by atoms with Crippen molar-refractivity contribution >= 4 is 21.6 Å². The van der Waals surface area contributed by atoms with Crippen LogP contribution in [0.5, 0.6) is 5.75 Å². The van der Waals surface area contributed by atoms with Gasteiger partial charge in [-0.05, 0) is 31.4 Å². The molecule has 0 spiro atoms. The maximum Gasteiger partial charge on any atom is 0.246 e. The summed E-state index contributed by atoms with van der Waals surface area (Å²) < 4.78 is 31.7. The molecule has 0 radical (unpaired) electrons. The van der Waals surface area contributed by atoms with Crippen molar-refractivity contribution in [1.82, 2.24) is 4.31 Å². The summed E-state index contributed by atoms with van der Waals surface area (Å²) in [5.41, 5.74) is 0. The van der Waals surface area contributed by atoms with Gasteiger partial charge in [0.1, 0.15) is 10.6 Å². The molecule has 1 aromatic carbocycles. The van der Waals surface area contributed by atoms with E-state index in [2.05, 4.69) is 0 Å². The van der Waals surface area contributed by atoms with E-state index in [9.17, 15) is 13.5 Å². The van der Waals surface area contributed by atoms with Crippen molar-refractivity contribution in [3.8, 4) is 5.75 Å². The van der Waals surface area contributed by atoms with Crippen LogP contribution in [0.4, 0.5) is 0 Å². The summed E-state index contributed by atoms with van der Waals surface area (Å²) in [6.07, 6.45) is 0.148. The van der Waals surface area contributed by atoms with E-state index in [4.69, 9.17) is 16.3 Å². The molecule has 20 heavy (non-hydrogen) atoms. The van der Waals surface area contributed by atoms with E-state index in [-0.39, 0.29) is 16.6 Å². The molecule has 5 nitrogen and oxygen atoms in total. The van der Waals surface area contributed by atoms with Gasteiger partial charge < -0.3 is 9.84 Å². The van der Waals surface area contributed by atoms with Crippen LogP contribution in [-0.2, 0) is 10.0 Å². The van der Waals surface area contributed by atoms with E-state index >= 15 is 0 Å². The van der Waals surface area contributed by atoms with Crippen LogP contribution in [0.1, 0.15) is 13.3 Å². The number of nitrogens with zero attached hydrogens (tertiary/aromatic N) is 1. The molecule has 0 bridgehead atoms. The third kappa shape index (κ3) is 2.93. The first kappa shape index (κ1) is 15.6. The number of methoxy groups -OCH3 is 1. The van der Waals surface area contributed by atoms with Gasteiger partial charge in [0, 0.05) is 24.2 Å². The zero-order valence-corrected chi connectivity index (χ0v) is 13.0. The Bertz CT molecular complexity index is 588. The second kappa shape index (κ2) is 5.89. The van der Waals surface area contributed by atoms with Crippen molar-refractivity contribution in [3.05, 3.63) is 23.2 Å². The molecule has 1 N–H and O–H groups in total. The predicted octanol–water partition coefficient (Wildman–Crippen LogP) is 1.74. The Kier molecular flexibility index (Phi) is 4.59. The van der Waals surface area contributed by atoms with Crippen LogP contribution >= 0.6 is 11.6 Å². The van der Waals surface area contributed by atoms with Crippen molar-refractivity contribution in [2.75, 3.05) is 20.2 Å². The Morgan fingerprint density at radius 2 is 2.20 bits per heavy atom. The van der Waals surface area contributed by atoms with E-state index in [0.29, 0.717) is 24.5 Å². The van der Waals surface area contributed by atoms with Gasteiger partial charge in [0.2, 0.25) is 10.0 Å². The minimum Gasteiger partial charge on any atom is -0.495 e. The lowest BCUT2D eigenvalue weighted by molar-refractivity contribution is 0.133. The number of sulfonamides is 1. The van der Waals surface area contributed by atoms with Gasteiger partial charge in [-0.25, -0.2) is 8.42 Å². The highest BCUT2D eigenvalue weighted by Crippen LogP contribution is 2.32. The van der Waals surface area contributed by atoms with Gasteiger partial charge in [0.05, 0.1) is 13.2 Å². The van der Waals surface area contributed by atoms with Crippen molar-refractivity contribution in [2.45, 2.75) is 24.3 Å². The minimum atomic E-state index is -3.63. The van der Waals surface area contributed by atoms with E-state index in [1.54, 1.807) is 6.92 Å². The summed E-state index contributed by atoms with van der Waals surface area (Å²) in [4.78, 5) is 0.107. The molecule has 7 heteroatoms. The third-order valence-electron chi connectivity index (χ3n) is 3.61. The Morgan fingerprint density at radius 3 is 2.75 bits per heavy atom. The van der Waals surface area contributed by atoms with Crippen molar-refractivity contribution < 1.29 is 18.3 Å². The molecule has 1 fully saturated rings. The van der Waals surface area contributed by atoms with Gasteiger partial charge in [0.15, 0.2) is 0 Å². The van der Waals surface area contributed by atoms with Crippen molar-refractivity contribution in [1.29, 1.82) is 0 Å². The monoisotopic (exact) mass is 319 g/mol. The lowest BCUT2D eigenvalue weighted by Gasteiger charge is -2.19. The number of halogens is 1. The molecular formula is C13H18ClNO4S. The van der Waals surface area contributed by atoms with Crippen molar-refractivity contribution in [3.63, 3.8) is 0 Å². The van der Waals surface area contributed by atoms with Crippen LogP contribution < -0.4 is 4.74 Å². The normalized spacial score (nSPS) is 21.9. The zero-order valence-electron chi connectivity index (χ0n) is 11.4. The maximum absolute atomic E-state index is 12.6. The number of ether oxygens (including phenoxy) is 1. The van der Waals surface area contributed by atoms with Crippen LogP contribution in [0.15, 0.2) is 23.1 Å². The lowest BCUT2D eigenvalue weighted by Crippen LogP contribution is -2.30. The number of aliphatic hydroxyl groups excluding tert-OH is 1. The Balaban J connectivity index is 2.32.